The van der Waals surface area contributed by atoms with Gasteiger partial charge in [0.15, 0.2) is 0 Å². The zero-order valence-corrected chi connectivity index (χ0v) is 11.2. The zero-order valence-electron chi connectivity index (χ0n) is 11.2. The van der Waals surface area contributed by atoms with Crippen LogP contribution in [0.25, 0.3) is 0 Å². The molecule has 1 heterocycles. The van der Waals surface area contributed by atoms with Gasteiger partial charge >= 0.3 is 0 Å². The maximum atomic E-state index is 6.05. The fourth-order valence-corrected chi connectivity index (χ4v) is 2.73. The molecule has 0 radical (unpaired) electrons. The van der Waals surface area contributed by atoms with Crippen molar-refractivity contribution >= 4 is 0 Å². The summed E-state index contributed by atoms with van der Waals surface area (Å²) in [6.45, 7) is 2.66. The molecule has 1 aliphatic rings. The fraction of sp³-hybridized carbons (Fsp3) is 0.571. The molecule has 18 heavy (non-hydrogen) atoms. The van der Waals surface area contributed by atoms with Gasteiger partial charge in [0.05, 0.1) is 14.2 Å². The van der Waals surface area contributed by atoms with Crippen LogP contribution in [0.15, 0.2) is 18.2 Å². The molecule has 1 fully saturated rings. The maximum Gasteiger partial charge on any atom is 0.126 e. The second kappa shape index (κ2) is 5.59. The number of hydrogen-bond acceptors (Lipinski definition) is 4. The number of methoxy groups -OCH3 is 2. The lowest BCUT2D eigenvalue weighted by molar-refractivity contribution is 0.299. The topological polar surface area (TPSA) is 56.5 Å². The third kappa shape index (κ3) is 2.31. The Morgan fingerprint density at radius 2 is 1.94 bits per heavy atom. The van der Waals surface area contributed by atoms with Gasteiger partial charge in [0, 0.05) is 23.6 Å². The van der Waals surface area contributed by atoms with Crippen molar-refractivity contribution in [3.63, 3.8) is 0 Å². The summed E-state index contributed by atoms with van der Waals surface area (Å²) in [7, 11) is 3.36. The van der Waals surface area contributed by atoms with Crippen LogP contribution in [0.1, 0.15) is 18.4 Å². The van der Waals surface area contributed by atoms with E-state index < -0.39 is 0 Å². The molecule has 1 aromatic carbocycles. The average molecular weight is 250 g/mol. The lowest BCUT2D eigenvalue weighted by Gasteiger charge is -2.38. The molecule has 0 amide bonds. The SMILES string of the molecule is COc1ccc(C2(CN)CCNCC2)c(OC)c1. The quantitative estimate of drug-likeness (QED) is 0.845. The normalized spacial score (nSPS) is 18.4. The van der Waals surface area contributed by atoms with E-state index in [1.807, 2.05) is 12.1 Å². The van der Waals surface area contributed by atoms with Crippen molar-refractivity contribution in [2.24, 2.45) is 5.73 Å². The molecule has 0 aromatic heterocycles. The van der Waals surface area contributed by atoms with E-state index in [1.165, 1.54) is 5.56 Å². The Morgan fingerprint density at radius 1 is 1.22 bits per heavy atom. The first kappa shape index (κ1) is 13.2. The Labute approximate surface area is 108 Å². The van der Waals surface area contributed by atoms with E-state index in [2.05, 4.69) is 11.4 Å². The molecule has 1 aromatic rings. The summed E-state index contributed by atoms with van der Waals surface area (Å²) >= 11 is 0. The monoisotopic (exact) mass is 250 g/mol. The van der Waals surface area contributed by atoms with Crippen LogP contribution in [0, 0.1) is 0 Å². The van der Waals surface area contributed by atoms with Crippen molar-refractivity contribution in [3.05, 3.63) is 23.8 Å². The summed E-state index contributed by atoms with van der Waals surface area (Å²) < 4.78 is 10.8. The Hall–Kier alpha value is -1.26. The Kier molecular flexibility index (Phi) is 4.09. The number of ether oxygens (including phenoxy) is 2. The number of hydrogen-bond donors (Lipinski definition) is 2. The van der Waals surface area contributed by atoms with Crippen molar-refractivity contribution in [2.45, 2.75) is 18.3 Å². The van der Waals surface area contributed by atoms with Gasteiger partial charge in [-0.2, -0.15) is 0 Å². The minimum atomic E-state index is 0.0306. The lowest BCUT2D eigenvalue weighted by atomic mass is 9.73. The summed E-state index contributed by atoms with van der Waals surface area (Å²) in [4.78, 5) is 0. The molecule has 0 atom stereocenters. The third-order valence-electron chi connectivity index (χ3n) is 3.93. The molecule has 0 saturated carbocycles. The van der Waals surface area contributed by atoms with Gasteiger partial charge in [-0.15, -0.1) is 0 Å². The van der Waals surface area contributed by atoms with Crippen LogP contribution in [0.2, 0.25) is 0 Å². The van der Waals surface area contributed by atoms with E-state index in [0.717, 1.165) is 37.4 Å². The summed E-state index contributed by atoms with van der Waals surface area (Å²) in [5.41, 5.74) is 7.28. The van der Waals surface area contributed by atoms with E-state index in [-0.39, 0.29) is 5.41 Å². The van der Waals surface area contributed by atoms with Crippen LogP contribution < -0.4 is 20.5 Å². The van der Waals surface area contributed by atoms with Crippen molar-refractivity contribution in [1.29, 1.82) is 0 Å². The minimum Gasteiger partial charge on any atom is -0.497 e. The van der Waals surface area contributed by atoms with Gasteiger partial charge in [-0.1, -0.05) is 6.07 Å². The highest BCUT2D eigenvalue weighted by Gasteiger charge is 2.35. The molecule has 0 unspecified atom stereocenters. The fourth-order valence-electron chi connectivity index (χ4n) is 2.73. The number of rotatable bonds is 4. The van der Waals surface area contributed by atoms with Gasteiger partial charge in [0.25, 0.3) is 0 Å². The van der Waals surface area contributed by atoms with Crippen molar-refractivity contribution in [1.82, 2.24) is 5.32 Å². The van der Waals surface area contributed by atoms with Crippen molar-refractivity contribution < 1.29 is 9.47 Å². The highest BCUT2D eigenvalue weighted by atomic mass is 16.5. The Morgan fingerprint density at radius 3 is 2.50 bits per heavy atom. The summed E-state index contributed by atoms with van der Waals surface area (Å²) in [6.07, 6.45) is 2.10. The van der Waals surface area contributed by atoms with Crippen LogP contribution in [0.4, 0.5) is 0 Å². The number of nitrogens with two attached hydrogens (primary N) is 1. The molecular weight excluding hydrogens is 228 g/mol. The first-order chi connectivity index (χ1) is 8.75. The van der Waals surface area contributed by atoms with Crippen LogP contribution in [0.5, 0.6) is 11.5 Å². The molecule has 2 rings (SSSR count). The van der Waals surface area contributed by atoms with Crippen LogP contribution in [-0.4, -0.2) is 33.9 Å². The lowest BCUT2D eigenvalue weighted by Crippen LogP contribution is -2.45. The standard InChI is InChI=1S/C14H22N2O2/c1-17-11-3-4-12(13(9-11)18-2)14(10-15)5-7-16-8-6-14/h3-4,9,16H,5-8,10,15H2,1-2H3. The first-order valence-electron chi connectivity index (χ1n) is 6.39. The highest BCUT2D eigenvalue weighted by Crippen LogP contribution is 2.39. The van der Waals surface area contributed by atoms with Gasteiger partial charge in [-0.05, 0) is 32.0 Å². The molecule has 1 saturated heterocycles. The third-order valence-corrected chi connectivity index (χ3v) is 3.93. The van der Waals surface area contributed by atoms with Gasteiger partial charge in [-0.3, -0.25) is 0 Å². The number of benzene rings is 1. The second-order valence-electron chi connectivity index (χ2n) is 4.80. The zero-order chi connectivity index (χ0) is 13.0. The van der Waals surface area contributed by atoms with E-state index in [4.69, 9.17) is 15.2 Å². The van der Waals surface area contributed by atoms with E-state index in [0.29, 0.717) is 6.54 Å². The summed E-state index contributed by atoms with van der Waals surface area (Å²) in [5.74, 6) is 1.69. The molecule has 0 bridgehead atoms. The van der Waals surface area contributed by atoms with E-state index in [9.17, 15) is 0 Å². The van der Waals surface area contributed by atoms with Crippen molar-refractivity contribution in [2.75, 3.05) is 33.9 Å². The molecule has 3 N–H and O–H groups in total. The smallest absolute Gasteiger partial charge is 0.126 e. The summed E-state index contributed by atoms with van der Waals surface area (Å²) in [5, 5.41) is 3.38. The molecule has 4 heteroatoms. The molecule has 0 aliphatic carbocycles. The summed E-state index contributed by atoms with van der Waals surface area (Å²) in [6, 6.07) is 6.02. The van der Waals surface area contributed by atoms with Gasteiger partial charge in [0.2, 0.25) is 0 Å². The van der Waals surface area contributed by atoms with Crippen molar-refractivity contribution in [3.8, 4) is 11.5 Å². The van der Waals surface area contributed by atoms with Gasteiger partial charge in [0.1, 0.15) is 11.5 Å². The maximum absolute atomic E-state index is 6.05. The van der Waals surface area contributed by atoms with Gasteiger partial charge in [-0.25, -0.2) is 0 Å². The number of piperidine rings is 1. The molecule has 1 aliphatic heterocycles. The predicted octanol–water partition coefficient (Wildman–Crippen LogP) is 1.28. The Balaban J connectivity index is 2.40. The van der Waals surface area contributed by atoms with Crippen LogP contribution in [-0.2, 0) is 5.41 Å². The molecule has 0 spiro atoms. The van der Waals surface area contributed by atoms with Crippen LogP contribution in [0.3, 0.4) is 0 Å². The van der Waals surface area contributed by atoms with Crippen LogP contribution >= 0.6 is 0 Å². The largest absolute Gasteiger partial charge is 0.497 e. The van der Waals surface area contributed by atoms with E-state index >= 15 is 0 Å². The van der Waals surface area contributed by atoms with E-state index in [1.54, 1.807) is 14.2 Å². The highest BCUT2D eigenvalue weighted by molar-refractivity contribution is 5.45. The molecule has 4 nitrogen and oxygen atoms in total. The minimum absolute atomic E-state index is 0.0306. The number of nitrogens with one attached hydrogen (secondary N) is 1. The Bertz CT molecular complexity index is 401. The first-order valence-corrected chi connectivity index (χ1v) is 6.39. The average Bonchev–Trinajstić information content (AvgIpc) is 2.47. The molecular formula is C14H22N2O2. The molecule has 100 valence electrons. The second-order valence-corrected chi connectivity index (χ2v) is 4.80. The van der Waals surface area contributed by atoms with Gasteiger partial charge < -0.3 is 20.5 Å². The predicted molar refractivity (Wildman–Crippen MR) is 72.4 cm³/mol.